The molecule has 5 N–H and O–H groups in total. The molecule has 0 fully saturated rings. The van der Waals surface area contributed by atoms with Crippen LogP contribution in [0.4, 0.5) is 5.69 Å². The Balaban J connectivity index is 2.44. The molecule has 0 spiro atoms. The Morgan fingerprint density at radius 1 is 1.31 bits per heavy atom. The summed E-state index contributed by atoms with van der Waals surface area (Å²) >= 11 is 0. The second kappa shape index (κ2) is 7.74. The second-order valence-electron chi connectivity index (χ2n) is 7.55. The van der Waals surface area contributed by atoms with E-state index in [9.17, 15) is 9.90 Å². The van der Waals surface area contributed by atoms with Crippen LogP contribution in [0.1, 0.15) is 38.3 Å². The van der Waals surface area contributed by atoms with Crippen LogP contribution in [0.15, 0.2) is 36.4 Å². The molecule has 1 atom stereocenters. The number of aliphatic carboxylic acids is 1. The van der Waals surface area contributed by atoms with Gasteiger partial charge in [0.05, 0.1) is 0 Å². The number of aryl methyl sites for hydroxylation is 1. The number of nitrogens with one attached hydrogen (secondary N) is 1. The first-order chi connectivity index (χ1) is 12.1. The second-order valence-corrected chi connectivity index (χ2v) is 7.55. The first kappa shape index (κ1) is 19.7. The van der Waals surface area contributed by atoms with Gasteiger partial charge < -0.3 is 15.9 Å². The largest absolute Gasteiger partial charge is 0.505 e. The molecular formula is C20H28N3O3+. The Kier molecular flexibility index (Phi) is 5.87. The Bertz CT molecular complexity index is 786. The summed E-state index contributed by atoms with van der Waals surface area (Å²) < 4.78 is 1.77. The molecule has 0 bridgehead atoms. The molecule has 0 aliphatic heterocycles. The smallest absolute Gasteiger partial charge is 0.303 e. The van der Waals surface area contributed by atoms with E-state index < -0.39 is 5.97 Å². The van der Waals surface area contributed by atoms with Gasteiger partial charge >= 0.3 is 5.97 Å². The minimum absolute atomic E-state index is 0.0411. The van der Waals surface area contributed by atoms with Crippen LogP contribution in [0.3, 0.4) is 0 Å². The lowest BCUT2D eigenvalue weighted by atomic mass is 9.84. The molecule has 0 heterocycles. The maximum atomic E-state index is 10.9. The van der Waals surface area contributed by atoms with Gasteiger partial charge in [0.15, 0.2) is 7.05 Å². The SMILES string of the molecule is C[N+](Nc1cc(CCC(=O)O)cc(C(C)(C)C)c1O)=C1C=CC=CC1N. The summed E-state index contributed by atoms with van der Waals surface area (Å²) in [7, 11) is 1.83. The average Bonchev–Trinajstić information content (AvgIpc) is 2.54. The number of carboxylic acid groups (broad SMARTS) is 1. The zero-order chi connectivity index (χ0) is 19.5. The van der Waals surface area contributed by atoms with Gasteiger partial charge in [-0.15, -0.1) is 4.68 Å². The molecule has 0 saturated heterocycles. The molecule has 140 valence electrons. The lowest BCUT2D eigenvalue weighted by Gasteiger charge is -2.23. The lowest BCUT2D eigenvalue weighted by Crippen LogP contribution is -2.37. The predicted octanol–water partition coefficient (Wildman–Crippen LogP) is 2.57. The topological polar surface area (TPSA) is 98.6 Å². The van der Waals surface area contributed by atoms with Gasteiger partial charge in [-0.3, -0.25) is 4.79 Å². The number of rotatable bonds is 5. The van der Waals surface area contributed by atoms with Gasteiger partial charge in [0.2, 0.25) is 5.71 Å². The molecule has 1 aliphatic rings. The van der Waals surface area contributed by atoms with Crippen molar-refractivity contribution in [2.45, 2.75) is 45.1 Å². The van der Waals surface area contributed by atoms with Gasteiger partial charge in [-0.2, -0.15) is 5.43 Å². The van der Waals surface area contributed by atoms with Gasteiger partial charge in [0.1, 0.15) is 17.5 Å². The van der Waals surface area contributed by atoms with Gasteiger partial charge in [0, 0.05) is 18.1 Å². The number of carbonyl (C=O) groups is 1. The van der Waals surface area contributed by atoms with E-state index in [0.29, 0.717) is 12.1 Å². The fourth-order valence-electron chi connectivity index (χ4n) is 2.88. The van der Waals surface area contributed by atoms with Gasteiger partial charge in [-0.25, -0.2) is 0 Å². The number of allylic oxidation sites excluding steroid dienone is 2. The molecule has 1 aliphatic carbocycles. The van der Waals surface area contributed by atoms with Crippen LogP contribution >= 0.6 is 0 Å². The Morgan fingerprint density at radius 2 is 2.00 bits per heavy atom. The fourth-order valence-corrected chi connectivity index (χ4v) is 2.88. The highest BCUT2D eigenvalue weighted by molar-refractivity contribution is 5.98. The summed E-state index contributed by atoms with van der Waals surface area (Å²) in [6, 6.07) is 3.43. The van der Waals surface area contributed by atoms with Gasteiger partial charge in [-0.1, -0.05) is 45.1 Å². The number of hydrogen-bond donors (Lipinski definition) is 4. The first-order valence-electron chi connectivity index (χ1n) is 8.65. The lowest BCUT2D eigenvalue weighted by molar-refractivity contribution is -0.464. The van der Waals surface area contributed by atoms with Crippen LogP contribution in [0, 0.1) is 0 Å². The van der Waals surface area contributed by atoms with E-state index >= 15 is 0 Å². The maximum absolute atomic E-state index is 10.9. The van der Waals surface area contributed by atoms with Crippen molar-refractivity contribution in [3.8, 4) is 5.75 Å². The molecule has 1 aromatic rings. The van der Waals surface area contributed by atoms with Crippen molar-refractivity contribution in [3.63, 3.8) is 0 Å². The van der Waals surface area contributed by atoms with E-state index in [1.165, 1.54) is 0 Å². The molecule has 6 heteroatoms. The summed E-state index contributed by atoms with van der Waals surface area (Å²) in [6.07, 6.45) is 8.03. The minimum atomic E-state index is -0.845. The third-order valence-corrected chi connectivity index (χ3v) is 4.32. The molecule has 1 aromatic carbocycles. The van der Waals surface area contributed by atoms with E-state index in [1.54, 1.807) is 10.8 Å². The van der Waals surface area contributed by atoms with Crippen LogP contribution in [0.2, 0.25) is 0 Å². The van der Waals surface area contributed by atoms with Crippen LogP contribution in [-0.2, 0) is 16.6 Å². The highest BCUT2D eigenvalue weighted by atomic mass is 16.4. The molecule has 0 aromatic heterocycles. The van der Waals surface area contributed by atoms with Crippen LogP contribution in [0.25, 0.3) is 0 Å². The zero-order valence-electron chi connectivity index (χ0n) is 15.8. The van der Waals surface area contributed by atoms with E-state index in [-0.39, 0.29) is 23.6 Å². The van der Waals surface area contributed by atoms with Gasteiger partial charge in [-0.05, 0) is 23.5 Å². The molecular weight excluding hydrogens is 330 g/mol. The van der Waals surface area contributed by atoms with Crippen LogP contribution in [0.5, 0.6) is 5.75 Å². The van der Waals surface area contributed by atoms with Crippen molar-refractivity contribution in [1.82, 2.24) is 0 Å². The minimum Gasteiger partial charge on any atom is -0.505 e. The Morgan fingerprint density at radius 3 is 2.58 bits per heavy atom. The number of hydrazone groups is 1. The van der Waals surface area contributed by atoms with Crippen LogP contribution < -0.4 is 11.2 Å². The van der Waals surface area contributed by atoms with Crippen molar-refractivity contribution in [3.05, 3.63) is 47.6 Å². The summed E-state index contributed by atoms with van der Waals surface area (Å²) in [5.74, 6) is -0.685. The quantitative estimate of drug-likeness (QED) is 0.368. The number of phenolic OH excluding ortho intramolecular Hbond substituents is 1. The van der Waals surface area contributed by atoms with Gasteiger partial charge in [0.25, 0.3) is 0 Å². The number of carboxylic acids is 1. The Labute approximate surface area is 154 Å². The van der Waals surface area contributed by atoms with Crippen LogP contribution in [-0.4, -0.2) is 39.7 Å². The zero-order valence-corrected chi connectivity index (χ0v) is 15.8. The third kappa shape index (κ3) is 4.73. The van der Waals surface area contributed by atoms with E-state index in [1.807, 2.05) is 58.2 Å². The normalized spacial score (nSPS) is 18.7. The third-order valence-electron chi connectivity index (χ3n) is 4.32. The number of hydrazine groups is 1. The van der Waals surface area contributed by atoms with Crippen molar-refractivity contribution < 1.29 is 19.7 Å². The molecule has 6 nitrogen and oxygen atoms in total. The predicted molar refractivity (Wildman–Crippen MR) is 104 cm³/mol. The number of phenols is 1. The van der Waals surface area contributed by atoms with Crippen molar-refractivity contribution in [2.75, 3.05) is 12.5 Å². The monoisotopic (exact) mass is 358 g/mol. The summed E-state index contributed by atoms with van der Waals surface area (Å²) in [4.78, 5) is 10.9. The average molecular weight is 358 g/mol. The van der Waals surface area contributed by atoms with Crippen molar-refractivity contribution in [1.29, 1.82) is 0 Å². The number of nitrogens with zero attached hydrogens (tertiary/aromatic N) is 1. The standard InChI is InChI=1S/C20H27N3O3/c1-20(2,3)14-11-13(9-10-18(24)25)12-16(19(14)26)22-23(4)17-8-6-5-7-15(17)21/h5-8,11-12,15,22H,9-10,21H2,1-4H3,(H-,24,25,26)/p+1. The summed E-state index contributed by atoms with van der Waals surface area (Å²) in [5.41, 5.74) is 12.0. The van der Waals surface area contributed by atoms with E-state index in [2.05, 4.69) is 5.43 Å². The number of nitrogens with two attached hydrogens (primary N) is 1. The number of anilines is 1. The number of benzene rings is 1. The van der Waals surface area contributed by atoms with E-state index in [4.69, 9.17) is 10.8 Å². The first-order valence-corrected chi connectivity index (χ1v) is 8.65. The summed E-state index contributed by atoms with van der Waals surface area (Å²) in [6.45, 7) is 6.03. The van der Waals surface area contributed by atoms with E-state index in [0.717, 1.165) is 16.8 Å². The number of aromatic hydroxyl groups is 1. The molecule has 2 rings (SSSR count). The molecule has 0 amide bonds. The molecule has 1 unspecified atom stereocenters. The molecule has 26 heavy (non-hydrogen) atoms. The van der Waals surface area contributed by atoms with Crippen molar-refractivity contribution in [2.24, 2.45) is 5.73 Å². The fraction of sp³-hybridized carbons (Fsp3) is 0.400. The molecule has 0 saturated carbocycles. The number of hydrogen-bond acceptors (Lipinski definition) is 4. The maximum Gasteiger partial charge on any atom is 0.303 e. The Hall–Kier alpha value is -2.60. The highest BCUT2D eigenvalue weighted by Gasteiger charge is 2.24. The van der Waals surface area contributed by atoms with Crippen molar-refractivity contribution >= 4 is 17.4 Å². The molecule has 0 radical (unpaired) electrons. The highest BCUT2D eigenvalue weighted by Crippen LogP contribution is 2.37. The summed E-state index contributed by atoms with van der Waals surface area (Å²) in [5, 5.41) is 19.7.